The van der Waals surface area contributed by atoms with Crippen LogP contribution in [-0.4, -0.2) is 26.1 Å². The first-order valence-electron chi connectivity index (χ1n) is 8.74. The molecule has 2 aromatic rings. The molecule has 1 aliphatic carbocycles. The molecule has 2 aromatic carbocycles. The number of carbonyl (C=O) groups excluding carboxylic acids is 1. The SMILES string of the molecule is COc1ccc(C2OC2C(=O)c2ccc3c(c2)CCCC3)cc1OC. The molecule has 0 saturated carbocycles. The maximum atomic E-state index is 12.8. The van der Waals surface area contributed by atoms with Gasteiger partial charge in [-0.15, -0.1) is 0 Å². The van der Waals surface area contributed by atoms with E-state index in [0.717, 1.165) is 24.0 Å². The number of hydrogen-bond donors (Lipinski definition) is 0. The third kappa shape index (κ3) is 3.02. The van der Waals surface area contributed by atoms with Crippen LogP contribution >= 0.6 is 0 Å². The molecule has 1 aliphatic heterocycles. The van der Waals surface area contributed by atoms with Gasteiger partial charge in [-0.3, -0.25) is 4.79 Å². The third-order valence-electron chi connectivity index (χ3n) is 5.12. The molecule has 0 aromatic heterocycles. The van der Waals surface area contributed by atoms with Crippen molar-refractivity contribution in [2.24, 2.45) is 0 Å². The van der Waals surface area contributed by atoms with Crippen molar-refractivity contribution < 1.29 is 19.0 Å². The van der Waals surface area contributed by atoms with Crippen LogP contribution in [0.1, 0.15) is 46.0 Å². The summed E-state index contributed by atoms with van der Waals surface area (Å²) >= 11 is 0. The molecule has 2 atom stereocenters. The predicted molar refractivity (Wildman–Crippen MR) is 94.6 cm³/mol. The number of epoxide rings is 1. The summed E-state index contributed by atoms with van der Waals surface area (Å²) in [6.07, 6.45) is 4.04. The van der Waals surface area contributed by atoms with Crippen LogP contribution < -0.4 is 9.47 Å². The molecule has 130 valence electrons. The van der Waals surface area contributed by atoms with Gasteiger partial charge in [-0.2, -0.15) is 0 Å². The molecule has 4 rings (SSSR count). The molecule has 4 heteroatoms. The van der Waals surface area contributed by atoms with Crippen molar-refractivity contribution in [1.29, 1.82) is 0 Å². The van der Waals surface area contributed by atoms with Crippen molar-refractivity contribution in [2.45, 2.75) is 37.9 Å². The quantitative estimate of drug-likeness (QED) is 0.613. The zero-order valence-electron chi connectivity index (χ0n) is 14.6. The number of aryl methyl sites for hydroxylation is 2. The number of Topliss-reactive ketones (excluding diaryl/α,β-unsaturated/α-hetero) is 1. The molecule has 0 bridgehead atoms. The fourth-order valence-corrected chi connectivity index (χ4v) is 3.65. The van der Waals surface area contributed by atoms with Gasteiger partial charge < -0.3 is 14.2 Å². The van der Waals surface area contributed by atoms with Crippen molar-refractivity contribution >= 4 is 5.78 Å². The van der Waals surface area contributed by atoms with E-state index in [1.54, 1.807) is 14.2 Å². The summed E-state index contributed by atoms with van der Waals surface area (Å²) in [5, 5.41) is 0. The Kier molecular flexibility index (Phi) is 4.22. The van der Waals surface area contributed by atoms with E-state index in [2.05, 4.69) is 12.1 Å². The van der Waals surface area contributed by atoms with Crippen LogP contribution in [0.2, 0.25) is 0 Å². The van der Waals surface area contributed by atoms with E-state index < -0.39 is 6.10 Å². The van der Waals surface area contributed by atoms with Crippen LogP contribution in [0.15, 0.2) is 36.4 Å². The van der Waals surface area contributed by atoms with Crippen LogP contribution in [0.4, 0.5) is 0 Å². The summed E-state index contributed by atoms with van der Waals surface area (Å²) in [6, 6.07) is 11.8. The standard InChI is InChI=1S/C21H22O4/c1-23-17-10-9-16(12-18(17)24-2)20-21(25-20)19(22)15-8-7-13-5-3-4-6-14(13)11-15/h7-12,20-21H,3-6H2,1-2H3. The summed E-state index contributed by atoms with van der Waals surface area (Å²) in [7, 11) is 3.21. The lowest BCUT2D eigenvalue weighted by Crippen LogP contribution is -2.11. The highest BCUT2D eigenvalue weighted by molar-refractivity contribution is 6.01. The molecular weight excluding hydrogens is 316 g/mol. The molecule has 1 heterocycles. The number of rotatable bonds is 5. The number of methoxy groups -OCH3 is 2. The smallest absolute Gasteiger partial charge is 0.194 e. The van der Waals surface area contributed by atoms with Gasteiger partial charge in [0.05, 0.1) is 14.2 Å². The van der Waals surface area contributed by atoms with Gasteiger partial charge in [-0.05, 0) is 60.6 Å². The first-order chi connectivity index (χ1) is 12.2. The highest BCUT2D eigenvalue weighted by atomic mass is 16.6. The van der Waals surface area contributed by atoms with E-state index in [1.807, 2.05) is 24.3 Å². The van der Waals surface area contributed by atoms with Gasteiger partial charge in [0.15, 0.2) is 23.4 Å². The highest BCUT2D eigenvalue weighted by Gasteiger charge is 2.46. The minimum atomic E-state index is -0.403. The molecule has 1 fully saturated rings. The van der Waals surface area contributed by atoms with E-state index in [9.17, 15) is 4.79 Å². The van der Waals surface area contributed by atoms with E-state index in [0.29, 0.717) is 11.5 Å². The maximum Gasteiger partial charge on any atom is 0.194 e. The minimum absolute atomic E-state index is 0.0631. The van der Waals surface area contributed by atoms with Crippen molar-refractivity contribution in [2.75, 3.05) is 14.2 Å². The molecule has 0 N–H and O–H groups in total. The molecule has 0 amide bonds. The fourth-order valence-electron chi connectivity index (χ4n) is 3.65. The Morgan fingerprint density at radius 1 is 0.960 bits per heavy atom. The first kappa shape index (κ1) is 16.2. The van der Waals surface area contributed by atoms with Crippen molar-refractivity contribution in [3.05, 3.63) is 58.7 Å². The highest BCUT2D eigenvalue weighted by Crippen LogP contribution is 2.43. The van der Waals surface area contributed by atoms with E-state index in [-0.39, 0.29) is 11.9 Å². The molecule has 4 nitrogen and oxygen atoms in total. The average molecular weight is 338 g/mol. The predicted octanol–water partition coefficient (Wildman–Crippen LogP) is 3.91. The first-order valence-corrected chi connectivity index (χ1v) is 8.74. The van der Waals surface area contributed by atoms with Crippen LogP contribution in [0.5, 0.6) is 11.5 Å². The lowest BCUT2D eigenvalue weighted by atomic mass is 9.89. The lowest BCUT2D eigenvalue weighted by Gasteiger charge is -2.16. The van der Waals surface area contributed by atoms with Gasteiger partial charge in [-0.1, -0.05) is 18.2 Å². The van der Waals surface area contributed by atoms with Gasteiger partial charge in [0.2, 0.25) is 0 Å². The van der Waals surface area contributed by atoms with Crippen LogP contribution in [0.3, 0.4) is 0 Å². The monoisotopic (exact) mass is 338 g/mol. The molecule has 0 spiro atoms. The van der Waals surface area contributed by atoms with Gasteiger partial charge >= 0.3 is 0 Å². The second-order valence-electron chi connectivity index (χ2n) is 6.65. The second kappa shape index (κ2) is 6.52. The van der Waals surface area contributed by atoms with Crippen LogP contribution in [0, 0.1) is 0 Å². The Labute approximate surface area is 147 Å². The average Bonchev–Trinajstić information content (AvgIpc) is 3.47. The summed E-state index contributed by atoms with van der Waals surface area (Å²) in [5.41, 5.74) is 4.40. The molecule has 2 aliphatic rings. The molecule has 1 saturated heterocycles. The number of ether oxygens (including phenoxy) is 3. The Morgan fingerprint density at radius 3 is 2.48 bits per heavy atom. The summed E-state index contributed by atoms with van der Waals surface area (Å²) in [6.45, 7) is 0. The summed E-state index contributed by atoms with van der Waals surface area (Å²) in [5.74, 6) is 1.38. The van der Waals surface area contributed by atoms with Crippen molar-refractivity contribution in [3.8, 4) is 11.5 Å². The van der Waals surface area contributed by atoms with E-state index >= 15 is 0 Å². The molecule has 0 radical (unpaired) electrons. The van der Waals surface area contributed by atoms with Crippen LogP contribution in [0.25, 0.3) is 0 Å². The second-order valence-corrected chi connectivity index (χ2v) is 6.65. The number of fused-ring (bicyclic) bond motifs is 1. The summed E-state index contributed by atoms with van der Waals surface area (Å²) in [4.78, 5) is 12.8. The fraction of sp³-hybridized carbons (Fsp3) is 0.381. The maximum absolute atomic E-state index is 12.8. The number of ketones is 1. The lowest BCUT2D eigenvalue weighted by molar-refractivity contribution is 0.0953. The molecular formula is C21H22O4. The minimum Gasteiger partial charge on any atom is -0.493 e. The normalized spacial score (nSPS) is 21.4. The Morgan fingerprint density at radius 2 is 1.72 bits per heavy atom. The van der Waals surface area contributed by atoms with Gasteiger partial charge in [0.25, 0.3) is 0 Å². The third-order valence-corrected chi connectivity index (χ3v) is 5.12. The summed E-state index contributed by atoms with van der Waals surface area (Å²) < 4.78 is 16.3. The van der Waals surface area contributed by atoms with E-state index in [4.69, 9.17) is 14.2 Å². The van der Waals surface area contributed by atoms with E-state index in [1.165, 1.54) is 24.0 Å². The molecule has 2 unspecified atom stereocenters. The van der Waals surface area contributed by atoms with Crippen molar-refractivity contribution in [1.82, 2.24) is 0 Å². The van der Waals surface area contributed by atoms with Gasteiger partial charge in [0.1, 0.15) is 6.10 Å². The van der Waals surface area contributed by atoms with Gasteiger partial charge in [-0.25, -0.2) is 0 Å². The Balaban J connectivity index is 1.52. The molecule has 25 heavy (non-hydrogen) atoms. The zero-order chi connectivity index (χ0) is 17.4. The number of benzene rings is 2. The number of hydrogen-bond acceptors (Lipinski definition) is 4. The van der Waals surface area contributed by atoms with Crippen LogP contribution in [-0.2, 0) is 17.6 Å². The topological polar surface area (TPSA) is 48.1 Å². The van der Waals surface area contributed by atoms with Crippen molar-refractivity contribution in [3.63, 3.8) is 0 Å². The largest absolute Gasteiger partial charge is 0.493 e. The Bertz CT molecular complexity index is 812. The number of carbonyl (C=O) groups is 1. The zero-order valence-corrected chi connectivity index (χ0v) is 14.6. The Hall–Kier alpha value is -2.33. The van der Waals surface area contributed by atoms with Gasteiger partial charge in [0, 0.05) is 5.56 Å².